The van der Waals surface area contributed by atoms with Crippen molar-refractivity contribution in [1.29, 1.82) is 0 Å². The average Bonchev–Trinajstić information content (AvgIpc) is 3.16. The normalized spacial score (nSPS) is 13.5. The molecule has 0 bridgehead atoms. The molecule has 0 radical (unpaired) electrons. The highest BCUT2D eigenvalue weighted by Gasteiger charge is 2.14. The van der Waals surface area contributed by atoms with Gasteiger partial charge in [-0.25, -0.2) is 0 Å². The summed E-state index contributed by atoms with van der Waals surface area (Å²) in [6.07, 6.45) is 2.25. The molecule has 1 aromatic carbocycles. The summed E-state index contributed by atoms with van der Waals surface area (Å²) in [5.74, 6) is 1.54. The molecule has 2 N–H and O–H groups in total. The zero-order chi connectivity index (χ0) is 17.5. The summed E-state index contributed by atoms with van der Waals surface area (Å²) in [5.41, 5.74) is 1.14. The third kappa shape index (κ3) is 4.90. The van der Waals surface area contributed by atoms with E-state index in [9.17, 15) is 9.59 Å². The maximum absolute atomic E-state index is 12.1. The Kier molecular flexibility index (Phi) is 5.79. The second kappa shape index (κ2) is 8.43. The highest BCUT2D eigenvalue weighted by atomic mass is 32.2. The minimum absolute atomic E-state index is 0.167. The van der Waals surface area contributed by atoms with E-state index in [-0.39, 0.29) is 11.8 Å². The van der Waals surface area contributed by atoms with Gasteiger partial charge < -0.3 is 19.8 Å². The molecule has 2 aromatic rings. The van der Waals surface area contributed by atoms with Crippen molar-refractivity contribution in [3.8, 4) is 0 Å². The highest BCUT2D eigenvalue weighted by molar-refractivity contribution is 8.02. The maximum Gasteiger partial charge on any atom is 0.291 e. The summed E-state index contributed by atoms with van der Waals surface area (Å²) in [6.45, 7) is 1.02. The SMILES string of the molecule is O=C(Nc1ccc(C(=O)NCCc2ccco2)cc1)C1=CSCCO1. The molecule has 2 heterocycles. The van der Waals surface area contributed by atoms with Crippen LogP contribution in [-0.2, 0) is 16.0 Å². The number of carbonyl (C=O) groups is 2. The molecule has 0 saturated heterocycles. The number of anilines is 1. The first-order valence-corrected chi connectivity index (χ1v) is 8.94. The second-order valence-electron chi connectivity index (χ2n) is 5.32. The molecule has 0 spiro atoms. The van der Waals surface area contributed by atoms with Gasteiger partial charge in [-0.15, -0.1) is 11.8 Å². The molecule has 0 aliphatic carbocycles. The number of amides is 2. The van der Waals surface area contributed by atoms with Gasteiger partial charge in [0.05, 0.1) is 12.9 Å². The molecule has 0 unspecified atom stereocenters. The van der Waals surface area contributed by atoms with Crippen LogP contribution in [0.15, 0.2) is 58.2 Å². The molecule has 0 fully saturated rings. The van der Waals surface area contributed by atoms with Crippen LogP contribution >= 0.6 is 11.8 Å². The van der Waals surface area contributed by atoms with Gasteiger partial charge in [-0.1, -0.05) is 0 Å². The Hall–Kier alpha value is -2.67. The Balaban J connectivity index is 1.50. The number of rotatable bonds is 6. The van der Waals surface area contributed by atoms with E-state index in [1.54, 1.807) is 47.7 Å². The molecule has 0 saturated carbocycles. The van der Waals surface area contributed by atoms with Crippen molar-refractivity contribution >= 4 is 29.3 Å². The van der Waals surface area contributed by atoms with Crippen LogP contribution in [0.1, 0.15) is 16.1 Å². The standard InChI is InChI=1S/C18H18N2O4S/c21-17(19-8-7-15-2-1-9-23-15)13-3-5-14(6-4-13)20-18(22)16-12-25-11-10-24-16/h1-6,9,12H,7-8,10-11H2,(H,19,21)(H,20,22). The van der Waals surface area contributed by atoms with Crippen molar-refractivity contribution in [2.45, 2.75) is 6.42 Å². The molecular weight excluding hydrogens is 340 g/mol. The van der Waals surface area contributed by atoms with E-state index in [1.165, 1.54) is 0 Å². The van der Waals surface area contributed by atoms with Crippen molar-refractivity contribution in [2.24, 2.45) is 0 Å². The van der Waals surface area contributed by atoms with Gasteiger partial charge in [-0.3, -0.25) is 9.59 Å². The first kappa shape index (κ1) is 17.2. The van der Waals surface area contributed by atoms with Crippen molar-refractivity contribution in [3.05, 3.63) is 65.2 Å². The molecule has 7 heteroatoms. The lowest BCUT2D eigenvalue weighted by atomic mass is 10.2. The lowest BCUT2D eigenvalue weighted by Crippen LogP contribution is -2.25. The Morgan fingerprint density at radius 1 is 1.12 bits per heavy atom. The summed E-state index contributed by atoms with van der Waals surface area (Å²) in [4.78, 5) is 24.1. The summed E-state index contributed by atoms with van der Waals surface area (Å²) in [7, 11) is 0. The minimum Gasteiger partial charge on any atom is -0.487 e. The van der Waals surface area contributed by atoms with Gasteiger partial charge in [-0.05, 0) is 36.4 Å². The van der Waals surface area contributed by atoms with Gasteiger partial charge in [-0.2, -0.15) is 0 Å². The molecule has 130 valence electrons. The Morgan fingerprint density at radius 2 is 1.96 bits per heavy atom. The molecule has 3 rings (SSSR count). The van der Waals surface area contributed by atoms with E-state index in [2.05, 4.69) is 10.6 Å². The molecule has 1 aliphatic heterocycles. The van der Waals surface area contributed by atoms with Crippen molar-refractivity contribution < 1.29 is 18.7 Å². The first-order chi connectivity index (χ1) is 12.2. The Morgan fingerprint density at radius 3 is 2.64 bits per heavy atom. The number of carbonyl (C=O) groups excluding carboxylic acids is 2. The van der Waals surface area contributed by atoms with Crippen LogP contribution in [0, 0.1) is 0 Å². The third-order valence-corrected chi connectivity index (χ3v) is 4.30. The van der Waals surface area contributed by atoms with Crippen LogP contribution in [-0.4, -0.2) is 30.7 Å². The lowest BCUT2D eigenvalue weighted by molar-refractivity contribution is -0.116. The van der Waals surface area contributed by atoms with E-state index in [1.807, 2.05) is 12.1 Å². The summed E-state index contributed by atoms with van der Waals surface area (Å²) >= 11 is 1.55. The molecule has 1 aliphatic rings. The van der Waals surface area contributed by atoms with Gasteiger partial charge >= 0.3 is 0 Å². The fourth-order valence-electron chi connectivity index (χ4n) is 2.24. The fraction of sp³-hybridized carbons (Fsp3) is 0.222. The van der Waals surface area contributed by atoms with Crippen LogP contribution in [0.2, 0.25) is 0 Å². The highest BCUT2D eigenvalue weighted by Crippen LogP contribution is 2.17. The van der Waals surface area contributed by atoms with Crippen LogP contribution in [0.25, 0.3) is 0 Å². The Labute approximate surface area is 149 Å². The number of thioether (sulfide) groups is 1. The Bertz CT molecular complexity index is 754. The number of ether oxygens (including phenoxy) is 1. The number of hydrogen-bond donors (Lipinski definition) is 2. The van der Waals surface area contributed by atoms with Gasteiger partial charge in [0.15, 0.2) is 5.76 Å². The monoisotopic (exact) mass is 358 g/mol. The predicted molar refractivity (Wildman–Crippen MR) is 96.3 cm³/mol. The van der Waals surface area contributed by atoms with Gasteiger partial charge in [0.25, 0.3) is 11.8 Å². The quantitative estimate of drug-likeness (QED) is 0.830. The number of nitrogens with one attached hydrogen (secondary N) is 2. The average molecular weight is 358 g/mol. The van der Waals surface area contributed by atoms with Gasteiger partial charge in [0.1, 0.15) is 5.76 Å². The minimum atomic E-state index is -0.289. The number of hydrogen-bond acceptors (Lipinski definition) is 5. The van der Waals surface area contributed by atoms with E-state index in [0.29, 0.717) is 36.6 Å². The maximum atomic E-state index is 12.1. The van der Waals surface area contributed by atoms with Crippen LogP contribution in [0.5, 0.6) is 0 Å². The molecular formula is C18H18N2O4S. The first-order valence-electron chi connectivity index (χ1n) is 7.89. The lowest BCUT2D eigenvalue weighted by Gasteiger charge is -2.14. The number of benzene rings is 1. The van der Waals surface area contributed by atoms with Crippen molar-refractivity contribution in [1.82, 2.24) is 5.32 Å². The fourth-order valence-corrected chi connectivity index (χ4v) is 2.87. The zero-order valence-electron chi connectivity index (χ0n) is 13.5. The van der Waals surface area contributed by atoms with E-state index in [0.717, 1.165) is 11.5 Å². The number of furan rings is 1. The predicted octanol–water partition coefficient (Wildman–Crippen LogP) is 2.80. The molecule has 0 atom stereocenters. The molecule has 25 heavy (non-hydrogen) atoms. The molecule has 6 nitrogen and oxygen atoms in total. The van der Waals surface area contributed by atoms with Gasteiger partial charge in [0, 0.05) is 35.4 Å². The van der Waals surface area contributed by atoms with E-state index < -0.39 is 0 Å². The van der Waals surface area contributed by atoms with Gasteiger partial charge in [0.2, 0.25) is 0 Å². The summed E-state index contributed by atoms with van der Waals surface area (Å²) in [6, 6.07) is 10.4. The topological polar surface area (TPSA) is 80.6 Å². The van der Waals surface area contributed by atoms with Crippen molar-refractivity contribution in [2.75, 3.05) is 24.2 Å². The third-order valence-electron chi connectivity index (χ3n) is 3.51. The molecule has 1 aromatic heterocycles. The van der Waals surface area contributed by atoms with Crippen molar-refractivity contribution in [3.63, 3.8) is 0 Å². The van der Waals surface area contributed by atoms with E-state index in [4.69, 9.17) is 9.15 Å². The summed E-state index contributed by atoms with van der Waals surface area (Å²) < 4.78 is 10.5. The van der Waals surface area contributed by atoms with E-state index >= 15 is 0 Å². The largest absolute Gasteiger partial charge is 0.487 e. The van der Waals surface area contributed by atoms with Crippen LogP contribution < -0.4 is 10.6 Å². The smallest absolute Gasteiger partial charge is 0.291 e. The van der Waals surface area contributed by atoms with Crippen LogP contribution in [0.4, 0.5) is 5.69 Å². The second-order valence-corrected chi connectivity index (χ2v) is 6.30. The van der Waals surface area contributed by atoms with Crippen LogP contribution in [0.3, 0.4) is 0 Å². The zero-order valence-corrected chi connectivity index (χ0v) is 14.3. The summed E-state index contributed by atoms with van der Waals surface area (Å²) in [5, 5.41) is 7.29. The molecule has 2 amide bonds.